The molecule has 3 heteroatoms. The number of hydrogen-bond donors (Lipinski definition) is 0. The van der Waals surface area contributed by atoms with E-state index in [1.54, 1.807) is 25.0 Å². The SMILES string of the molecule is C/C=C/CCc1ccc(OCC2CCC(C3CCC(C4CCC5CC(CCC)CCC5C4)CC3)CC2)c(F)c1F. The predicted octanol–water partition coefficient (Wildman–Crippen LogP) is 11.1. The summed E-state index contributed by atoms with van der Waals surface area (Å²) >= 11 is 0. The topological polar surface area (TPSA) is 9.23 Å². The quantitative estimate of drug-likeness (QED) is 0.261. The molecule has 0 amide bonds. The average molecular weight is 555 g/mol. The third-order valence-corrected chi connectivity index (χ3v) is 11.9. The van der Waals surface area contributed by atoms with Gasteiger partial charge >= 0.3 is 0 Å². The van der Waals surface area contributed by atoms with Gasteiger partial charge in [0.05, 0.1) is 6.61 Å². The third kappa shape index (κ3) is 7.52. The third-order valence-electron chi connectivity index (χ3n) is 11.9. The van der Waals surface area contributed by atoms with E-state index in [0.29, 0.717) is 24.5 Å². The summed E-state index contributed by atoms with van der Waals surface area (Å²) in [6, 6.07) is 3.31. The maximum absolute atomic E-state index is 14.6. The Hall–Kier alpha value is -1.38. The minimum absolute atomic E-state index is 0.0794. The lowest BCUT2D eigenvalue weighted by Crippen LogP contribution is -2.35. The lowest BCUT2D eigenvalue weighted by molar-refractivity contribution is 0.0489. The number of benzene rings is 1. The summed E-state index contributed by atoms with van der Waals surface area (Å²) < 4.78 is 34.9. The number of rotatable bonds is 10. The molecule has 0 saturated heterocycles. The van der Waals surface area contributed by atoms with Crippen molar-refractivity contribution in [3.05, 3.63) is 41.5 Å². The monoisotopic (exact) mass is 554 g/mol. The normalized spacial score (nSPS) is 35.0. The van der Waals surface area contributed by atoms with Crippen LogP contribution in [0.15, 0.2) is 24.3 Å². The molecule has 1 nitrogen and oxygen atoms in total. The molecule has 40 heavy (non-hydrogen) atoms. The predicted molar refractivity (Wildman–Crippen MR) is 162 cm³/mol. The molecule has 0 bridgehead atoms. The Bertz CT molecular complexity index is 940. The van der Waals surface area contributed by atoms with Crippen LogP contribution in [0.2, 0.25) is 0 Å². The van der Waals surface area contributed by atoms with Crippen molar-refractivity contribution in [1.29, 1.82) is 0 Å². The highest BCUT2D eigenvalue weighted by molar-refractivity contribution is 5.31. The van der Waals surface area contributed by atoms with E-state index >= 15 is 0 Å². The van der Waals surface area contributed by atoms with Crippen LogP contribution in [0.25, 0.3) is 0 Å². The van der Waals surface area contributed by atoms with Crippen LogP contribution in [0, 0.1) is 59.0 Å². The zero-order valence-corrected chi connectivity index (χ0v) is 25.5. The average Bonchev–Trinajstić information content (AvgIpc) is 2.99. The maximum atomic E-state index is 14.6. The van der Waals surface area contributed by atoms with Gasteiger partial charge in [-0.25, -0.2) is 4.39 Å². The number of halogens is 2. The molecule has 0 spiro atoms. The summed E-state index contributed by atoms with van der Waals surface area (Å²) in [6.45, 7) is 4.81. The Morgan fingerprint density at radius 1 is 0.700 bits per heavy atom. The highest BCUT2D eigenvalue weighted by atomic mass is 19.2. The number of allylic oxidation sites excluding steroid dienone is 2. The lowest BCUT2D eigenvalue weighted by atomic mass is 9.60. The molecule has 4 unspecified atom stereocenters. The van der Waals surface area contributed by atoms with Crippen LogP contribution in [-0.2, 0) is 6.42 Å². The second-order valence-corrected chi connectivity index (χ2v) is 14.3. The molecule has 1 aromatic carbocycles. The van der Waals surface area contributed by atoms with E-state index in [2.05, 4.69) is 6.92 Å². The number of aryl methyl sites for hydroxylation is 1. The summed E-state index contributed by atoms with van der Waals surface area (Å²) in [7, 11) is 0. The summed E-state index contributed by atoms with van der Waals surface area (Å²) in [5.74, 6) is 5.93. The van der Waals surface area contributed by atoms with Gasteiger partial charge in [0.1, 0.15) is 0 Å². The van der Waals surface area contributed by atoms with Gasteiger partial charge in [0.2, 0.25) is 5.82 Å². The fourth-order valence-electron chi connectivity index (χ4n) is 9.52. The fraction of sp³-hybridized carbons (Fsp3) is 0.784. The standard InChI is InChI=1S/C37H56F2O/c1-3-5-6-8-31-21-22-35(37(39)36(31)38)40-25-27-10-12-28(13-11-27)29-15-17-30(18-16-29)33-20-19-32-23-26(7-4-2)9-14-34(32)24-33/h3,5,21-22,26-30,32-34H,4,6-20,23-25H2,1-2H3/b5-3+. The number of hydrogen-bond acceptors (Lipinski definition) is 1. The molecular formula is C37H56F2O. The molecule has 0 aliphatic heterocycles. The first-order chi connectivity index (χ1) is 19.6. The second-order valence-electron chi connectivity index (χ2n) is 14.3. The highest BCUT2D eigenvalue weighted by Gasteiger charge is 2.39. The van der Waals surface area contributed by atoms with Crippen molar-refractivity contribution in [2.75, 3.05) is 6.61 Å². The summed E-state index contributed by atoms with van der Waals surface area (Å²) in [5, 5.41) is 0. The van der Waals surface area contributed by atoms with E-state index in [1.165, 1.54) is 89.9 Å². The van der Waals surface area contributed by atoms with Gasteiger partial charge in [-0.05, 0) is 162 Å². The van der Waals surface area contributed by atoms with E-state index < -0.39 is 11.6 Å². The van der Waals surface area contributed by atoms with Gasteiger partial charge in [-0.2, -0.15) is 4.39 Å². The molecule has 0 N–H and O–H groups in total. The van der Waals surface area contributed by atoms with Gasteiger partial charge in [0.15, 0.2) is 11.6 Å². The minimum atomic E-state index is -0.818. The first-order valence-corrected chi connectivity index (χ1v) is 17.3. The van der Waals surface area contributed by atoms with E-state index in [9.17, 15) is 8.78 Å². The molecule has 4 saturated carbocycles. The summed E-state index contributed by atoms with van der Waals surface area (Å²) in [6.07, 6.45) is 27.9. The lowest BCUT2D eigenvalue weighted by Gasteiger charge is -2.46. The van der Waals surface area contributed by atoms with Crippen LogP contribution < -0.4 is 4.74 Å². The minimum Gasteiger partial charge on any atom is -0.490 e. The number of fused-ring (bicyclic) bond motifs is 1. The molecule has 4 fully saturated rings. The zero-order valence-electron chi connectivity index (χ0n) is 25.5. The van der Waals surface area contributed by atoms with Gasteiger partial charge in [-0.15, -0.1) is 0 Å². The molecule has 4 atom stereocenters. The van der Waals surface area contributed by atoms with Crippen molar-refractivity contribution in [2.45, 2.75) is 129 Å². The van der Waals surface area contributed by atoms with Crippen LogP contribution in [0.3, 0.4) is 0 Å². The largest absolute Gasteiger partial charge is 0.490 e. The molecular weight excluding hydrogens is 498 g/mol. The fourth-order valence-corrected chi connectivity index (χ4v) is 9.52. The second kappa shape index (κ2) is 14.7. The van der Waals surface area contributed by atoms with Crippen LogP contribution in [0.4, 0.5) is 8.78 Å². The Morgan fingerprint density at radius 2 is 1.25 bits per heavy atom. The maximum Gasteiger partial charge on any atom is 0.200 e. The molecule has 1 aromatic rings. The Balaban J connectivity index is 1.01. The van der Waals surface area contributed by atoms with Gasteiger partial charge < -0.3 is 4.74 Å². The smallest absolute Gasteiger partial charge is 0.200 e. The first kappa shape index (κ1) is 30.1. The van der Waals surface area contributed by atoms with Crippen molar-refractivity contribution < 1.29 is 13.5 Å². The van der Waals surface area contributed by atoms with Crippen LogP contribution >= 0.6 is 0 Å². The van der Waals surface area contributed by atoms with Crippen molar-refractivity contribution >= 4 is 0 Å². The van der Waals surface area contributed by atoms with Crippen molar-refractivity contribution in [3.63, 3.8) is 0 Å². The van der Waals surface area contributed by atoms with E-state index in [1.807, 2.05) is 19.1 Å². The van der Waals surface area contributed by atoms with Crippen LogP contribution in [-0.4, -0.2) is 6.61 Å². The first-order valence-electron chi connectivity index (χ1n) is 17.3. The number of ether oxygens (including phenoxy) is 1. The summed E-state index contributed by atoms with van der Waals surface area (Å²) in [5.41, 5.74) is 0.431. The van der Waals surface area contributed by atoms with Gasteiger partial charge in [0, 0.05) is 0 Å². The zero-order chi connectivity index (χ0) is 27.9. The van der Waals surface area contributed by atoms with Crippen LogP contribution in [0.1, 0.15) is 129 Å². The Morgan fingerprint density at radius 3 is 1.93 bits per heavy atom. The molecule has 4 aliphatic carbocycles. The van der Waals surface area contributed by atoms with Crippen molar-refractivity contribution in [1.82, 2.24) is 0 Å². The molecule has 0 aromatic heterocycles. The van der Waals surface area contributed by atoms with E-state index in [4.69, 9.17) is 4.74 Å². The Labute approximate surface area is 243 Å². The van der Waals surface area contributed by atoms with Gasteiger partial charge in [-0.3, -0.25) is 0 Å². The molecule has 0 radical (unpaired) electrons. The van der Waals surface area contributed by atoms with Crippen LogP contribution in [0.5, 0.6) is 5.75 Å². The molecule has 5 rings (SSSR count). The molecule has 4 aliphatic rings. The summed E-state index contributed by atoms with van der Waals surface area (Å²) in [4.78, 5) is 0. The molecule has 0 heterocycles. The molecule has 224 valence electrons. The van der Waals surface area contributed by atoms with E-state index in [-0.39, 0.29) is 5.75 Å². The Kier molecular flexibility index (Phi) is 11.0. The van der Waals surface area contributed by atoms with Gasteiger partial charge in [-0.1, -0.05) is 44.4 Å². The van der Waals surface area contributed by atoms with Gasteiger partial charge in [0.25, 0.3) is 0 Å². The van der Waals surface area contributed by atoms with Crippen molar-refractivity contribution in [3.8, 4) is 5.75 Å². The van der Waals surface area contributed by atoms with Crippen molar-refractivity contribution in [2.24, 2.45) is 47.3 Å². The highest BCUT2D eigenvalue weighted by Crippen LogP contribution is 2.51. The van der Waals surface area contributed by atoms with E-state index in [0.717, 1.165) is 47.8 Å².